The Kier molecular flexibility index (Phi) is 7.11. The summed E-state index contributed by atoms with van der Waals surface area (Å²) in [4.78, 5) is 36.4. The predicted octanol–water partition coefficient (Wildman–Crippen LogP) is 2.55. The summed E-state index contributed by atoms with van der Waals surface area (Å²) in [6.45, 7) is 3.42. The smallest absolute Gasteiger partial charge is 0.339 e. The summed E-state index contributed by atoms with van der Waals surface area (Å²) in [5.74, 6) is -1.21. The van der Waals surface area contributed by atoms with Gasteiger partial charge in [-0.15, -0.1) is 0 Å². The number of ether oxygens (including phenoxy) is 1. The summed E-state index contributed by atoms with van der Waals surface area (Å²) in [5.41, 5.74) is 1.25. The van der Waals surface area contributed by atoms with E-state index in [2.05, 4.69) is 25.0 Å². The topological polar surface area (TPSA) is 140 Å². The highest BCUT2D eigenvalue weighted by atomic mass is 32.2. The molecule has 1 aromatic carbocycles. The summed E-state index contributed by atoms with van der Waals surface area (Å²) in [6, 6.07) is 10.1. The number of esters is 1. The van der Waals surface area contributed by atoms with E-state index in [4.69, 9.17) is 4.74 Å². The average Bonchev–Trinajstić information content (AvgIpc) is 2.78. The Labute approximate surface area is 185 Å². The van der Waals surface area contributed by atoms with Crippen LogP contribution in [0.4, 0.5) is 11.6 Å². The molecular weight excluding hydrogens is 434 g/mol. The fraction of sp³-hybridized carbons (Fsp3) is 0.190. The minimum atomic E-state index is -3.91. The second-order valence-electron chi connectivity index (χ2n) is 6.68. The summed E-state index contributed by atoms with van der Waals surface area (Å²) >= 11 is 0. The molecule has 11 heteroatoms. The van der Waals surface area contributed by atoms with Crippen LogP contribution in [0.5, 0.6) is 0 Å². The van der Waals surface area contributed by atoms with Crippen molar-refractivity contribution in [3.8, 4) is 0 Å². The van der Waals surface area contributed by atoms with Crippen LogP contribution in [0.25, 0.3) is 0 Å². The molecule has 2 aromatic heterocycles. The van der Waals surface area contributed by atoms with Crippen molar-refractivity contribution in [1.82, 2.24) is 15.0 Å². The summed E-state index contributed by atoms with van der Waals surface area (Å²) in [7, 11) is -3.91. The van der Waals surface area contributed by atoms with E-state index in [0.29, 0.717) is 11.4 Å². The number of benzene rings is 1. The molecule has 1 amide bonds. The van der Waals surface area contributed by atoms with Crippen LogP contribution in [0, 0.1) is 6.92 Å². The fourth-order valence-electron chi connectivity index (χ4n) is 2.62. The number of pyridine rings is 1. The zero-order valence-electron chi connectivity index (χ0n) is 17.3. The van der Waals surface area contributed by atoms with E-state index < -0.39 is 28.0 Å². The molecule has 2 N–H and O–H groups in total. The molecule has 0 radical (unpaired) electrons. The van der Waals surface area contributed by atoms with Gasteiger partial charge in [-0.25, -0.2) is 27.9 Å². The minimum absolute atomic E-state index is 0.0308. The average molecular weight is 455 g/mol. The second-order valence-corrected chi connectivity index (χ2v) is 8.36. The van der Waals surface area contributed by atoms with E-state index in [0.717, 1.165) is 0 Å². The van der Waals surface area contributed by atoms with Crippen molar-refractivity contribution < 1.29 is 22.7 Å². The van der Waals surface area contributed by atoms with Gasteiger partial charge in [0.15, 0.2) is 6.10 Å². The Morgan fingerprint density at radius 1 is 1.03 bits per heavy atom. The first-order chi connectivity index (χ1) is 15.3. The summed E-state index contributed by atoms with van der Waals surface area (Å²) in [5, 5.41) is 2.62. The molecule has 0 aliphatic rings. The molecular formula is C21H21N5O5S. The molecule has 1 unspecified atom stereocenters. The zero-order valence-corrected chi connectivity index (χ0v) is 18.2. The standard InChI is InChI=1S/C21H21N5O5S/c1-3-18(31-20(28)15-9-11-22-12-10-15)19(27)25-16-4-6-17(7-5-16)32(29,30)26-21-23-13-8-14(2)24-21/h4-13,18H,3H2,1-2H3,(H,25,27)(H,23,24,26). The molecule has 1 atom stereocenters. The third-order valence-electron chi connectivity index (χ3n) is 4.28. The molecule has 0 fully saturated rings. The van der Waals surface area contributed by atoms with E-state index >= 15 is 0 Å². The Morgan fingerprint density at radius 3 is 2.34 bits per heavy atom. The molecule has 0 saturated heterocycles. The molecule has 2 heterocycles. The molecule has 166 valence electrons. The number of carbonyl (C=O) groups is 2. The maximum atomic E-state index is 12.5. The quantitative estimate of drug-likeness (QED) is 0.494. The predicted molar refractivity (Wildman–Crippen MR) is 116 cm³/mol. The number of sulfonamides is 1. The first kappa shape index (κ1) is 22.8. The van der Waals surface area contributed by atoms with Crippen LogP contribution < -0.4 is 10.0 Å². The molecule has 32 heavy (non-hydrogen) atoms. The van der Waals surface area contributed by atoms with Crippen LogP contribution >= 0.6 is 0 Å². The number of amides is 1. The van der Waals surface area contributed by atoms with E-state index in [1.807, 2.05) is 0 Å². The van der Waals surface area contributed by atoms with Gasteiger partial charge < -0.3 is 10.1 Å². The normalized spacial score (nSPS) is 11.9. The third kappa shape index (κ3) is 5.85. The maximum absolute atomic E-state index is 12.5. The van der Waals surface area contributed by atoms with Crippen molar-refractivity contribution in [2.75, 3.05) is 10.0 Å². The molecule has 0 saturated carbocycles. The molecule has 3 rings (SSSR count). The summed E-state index contributed by atoms with van der Waals surface area (Å²) in [6.07, 6.45) is 3.60. The van der Waals surface area contributed by atoms with Gasteiger partial charge in [-0.05, 0) is 55.8 Å². The second kappa shape index (κ2) is 9.96. The first-order valence-electron chi connectivity index (χ1n) is 9.63. The number of hydrogen-bond acceptors (Lipinski definition) is 8. The minimum Gasteiger partial charge on any atom is -0.449 e. The van der Waals surface area contributed by atoms with Crippen molar-refractivity contribution in [3.63, 3.8) is 0 Å². The highest BCUT2D eigenvalue weighted by Gasteiger charge is 2.22. The third-order valence-corrected chi connectivity index (χ3v) is 5.63. The number of nitrogens with zero attached hydrogens (tertiary/aromatic N) is 3. The monoisotopic (exact) mass is 455 g/mol. The Hall–Kier alpha value is -3.86. The van der Waals surface area contributed by atoms with Gasteiger partial charge in [0.2, 0.25) is 5.95 Å². The van der Waals surface area contributed by atoms with Crippen molar-refractivity contribution in [2.45, 2.75) is 31.3 Å². The Balaban J connectivity index is 1.65. The van der Waals surface area contributed by atoms with Crippen LogP contribution in [-0.2, 0) is 19.6 Å². The lowest BCUT2D eigenvalue weighted by Gasteiger charge is -2.16. The molecule has 10 nitrogen and oxygen atoms in total. The van der Waals surface area contributed by atoms with E-state index in [1.165, 1.54) is 55.0 Å². The summed E-state index contributed by atoms with van der Waals surface area (Å²) < 4.78 is 32.6. The van der Waals surface area contributed by atoms with E-state index in [1.54, 1.807) is 19.9 Å². The molecule has 3 aromatic rings. The van der Waals surface area contributed by atoms with Gasteiger partial charge in [0.05, 0.1) is 10.5 Å². The maximum Gasteiger partial charge on any atom is 0.339 e. The van der Waals surface area contributed by atoms with Gasteiger partial charge >= 0.3 is 5.97 Å². The highest BCUT2D eigenvalue weighted by molar-refractivity contribution is 7.92. The van der Waals surface area contributed by atoms with Crippen LogP contribution in [0.1, 0.15) is 29.4 Å². The first-order valence-corrected chi connectivity index (χ1v) is 11.1. The number of carbonyl (C=O) groups excluding carboxylic acids is 2. The van der Waals surface area contributed by atoms with Gasteiger partial charge in [-0.1, -0.05) is 6.92 Å². The van der Waals surface area contributed by atoms with Crippen LogP contribution in [0.15, 0.2) is 66.0 Å². The van der Waals surface area contributed by atoms with Gasteiger partial charge in [0.1, 0.15) is 0 Å². The Bertz CT molecular complexity index is 1200. The number of rotatable bonds is 8. The van der Waals surface area contributed by atoms with Crippen molar-refractivity contribution in [3.05, 3.63) is 72.3 Å². The number of anilines is 2. The van der Waals surface area contributed by atoms with Crippen LogP contribution in [0.2, 0.25) is 0 Å². The SMILES string of the molecule is CCC(OC(=O)c1ccncc1)C(=O)Nc1ccc(S(=O)(=O)Nc2nccc(C)n2)cc1. The lowest BCUT2D eigenvalue weighted by molar-refractivity contribution is -0.124. The van der Waals surface area contributed by atoms with Crippen LogP contribution in [-0.4, -0.2) is 41.4 Å². The van der Waals surface area contributed by atoms with Gasteiger partial charge in [0.25, 0.3) is 15.9 Å². The van der Waals surface area contributed by atoms with Crippen molar-refractivity contribution in [1.29, 1.82) is 0 Å². The number of aryl methyl sites for hydroxylation is 1. The highest BCUT2D eigenvalue weighted by Crippen LogP contribution is 2.17. The van der Waals surface area contributed by atoms with Gasteiger partial charge in [-0.2, -0.15) is 0 Å². The molecule has 0 spiro atoms. The van der Waals surface area contributed by atoms with Crippen molar-refractivity contribution in [2.24, 2.45) is 0 Å². The van der Waals surface area contributed by atoms with Gasteiger partial charge in [-0.3, -0.25) is 9.78 Å². The van der Waals surface area contributed by atoms with Gasteiger partial charge in [0, 0.05) is 30.0 Å². The number of hydrogen-bond donors (Lipinski definition) is 2. The molecule has 0 aliphatic heterocycles. The molecule has 0 bridgehead atoms. The number of aromatic nitrogens is 3. The fourth-order valence-corrected chi connectivity index (χ4v) is 3.58. The zero-order chi connectivity index (χ0) is 23.1. The lowest BCUT2D eigenvalue weighted by Crippen LogP contribution is -2.32. The Morgan fingerprint density at radius 2 is 1.72 bits per heavy atom. The van der Waals surface area contributed by atoms with E-state index in [9.17, 15) is 18.0 Å². The molecule has 0 aliphatic carbocycles. The lowest BCUT2D eigenvalue weighted by atomic mass is 10.2. The van der Waals surface area contributed by atoms with Crippen molar-refractivity contribution >= 4 is 33.5 Å². The number of nitrogens with one attached hydrogen (secondary N) is 2. The van der Waals surface area contributed by atoms with E-state index in [-0.39, 0.29) is 22.8 Å². The largest absolute Gasteiger partial charge is 0.449 e. The van der Waals surface area contributed by atoms with Crippen LogP contribution in [0.3, 0.4) is 0 Å².